The highest BCUT2D eigenvalue weighted by molar-refractivity contribution is 5.63. The minimum Gasteiger partial charge on any atom is -0.334 e. The number of hydrogen-bond acceptors (Lipinski definition) is 4. The Bertz CT molecular complexity index is 523. The van der Waals surface area contributed by atoms with Gasteiger partial charge in [0.05, 0.1) is 0 Å². The van der Waals surface area contributed by atoms with Crippen molar-refractivity contribution >= 4 is 0 Å². The fourth-order valence-corrected chi connectivity index (χ4v) is 2.23. The second kappa shape index (κ2) is 5.31. The molecule has 0 bridgehead atoms. The van der Waals surface area contributed by atoms with Gasteiger partial charge in [0.1, 0.15) is 0 Å². The van der Waals surface area contributed by atoms with E-state index in [1.165, 1.54) is 16.7 Å². The maximum Gasteiger partial charge on any atom is 0.258 e. The zero-order valence-electron chi connectivity index (χ0n) is 11.2. The monoisotopic (exact) mass is 245 g/mol. The van der Waals surface area contributed by atoms with Gasteiger partial charge in [-0.05, 0) is 44.9 Å². The summed E-state index contributed by atoms with van der Waals surface area (Å²) in [6, 6.07) is 4.26. The third kappa shape index (κ3) is 2.59. The molecule has 2 rings (SSSR count). The Labute approximate surface area is 107 Å². The number of hydrogen-bond donors (Lipinski definition) is 1. The van der Waals surface area contributed by atoms with Gasteiger partial charge in [0.15, 0.2) is 5.82 Å². The third-order valence-corrected chi connectivity index (χ3v) is 2.96. The van der Waals surface area contributed by atoms with Crippen LogP contribution in [0.3, 0.4) is 0 Å². The fraction of sp³-hybridized carbons (Fsp3) is 0.429. The lowest BCUT2D eigenvalue weighted by Crippen LogP contribution is -2.01. The van der Waals surface area contributed by atoms with Crippen LogP contribution in [0, 0.1) is 20.8 Å². The van der Waals surface area contributed by atoms with E-state index in [2.05, 4.69) is 43.0 Å². The molecular weight excluding hydrogens is 226 g/mol. The van der Waals surface area contributed by atoms with E-state index in [1.807, 2.05) is 0 Å². The molecule has 0 amide bonds. The van der Waals surface area contributed by atoms with Crippen LogP contribution in [0.25, 0.3) is 11.5 Å². The van der Waals surface area contributed by atoms with E-state index in [1.54, 1.807) is 0 Å². The average molecular weight is 245 g/mol. The van der Waals surface area contributed by atoms with Crippen LogP contribution in [0.2, 0.25) is 0 Å². The lowest BCUT2D eigenvalue weighted by atomic mass is 10.00. The number of nitrogens with two attached hydrogens (primary N) is 1. The van der Waals surface area contributed by atoms with E-state index < -0.39 is 0 Å². The summed E-state index contributed by atoms with van der Waals surface area (Å²) < 4.78 is 5.35. The number of aryl methyl sites for hydroxylation is 4. The Morgan fingerprint density at radius 2 is 1.83 bits per heavy atom. The molecule has 0 aliphatic carbocycles. The molecule has 96 valence electrons. The summed E-state index contributed by atoms with van der Waals surface area (Å²) in [6.45, 7) is 6.87. The Balaban J connectivity index is 2.34. The Kier molecular flexibility index (Phi) is 3.77. The van der Waals surface area contributed by atoms with Gasteiger partial charge in [0.25, 0.3) is 5.89 Å². The van der Waals surface area contributed by atoms with Gasteiger partial charge in [-0.2, -0.15) is 4.98 Å². The second-order valence-electron chi connectivity index (χ2n) is 4.68. The lowest BCUT2D eigenvalue weighted by Gasteiger charge is -2.06. The molecule has 0 unspecified atom stereocenters. The van der Waals surface area contributed by atoms with Crippen LogP contribution in [0.1, 0.15) is 28.9 Å². The maximum absolute atomic E-state index is 5.47. The summed E-state index contributed by atoms with van der Waals surface area (Å²) in [4.78, 5) is 4.44. The SMILES string of the molecule is Cc1cc(C)c(-c2nc(CCCN)no2)c(C)c1. The normalized spacial score (nSPS) is 10.9. The molecule has 0 aliphatic heterocycles. The van der Waals surface area contributed by atoms with Gasteiger partial charge in [-0.25, -0.2) is 0 Å². The van der Waals surface area contributed by atoms with Gasteiger partial charge >= 0.3 is 0 Å². The summed E-state index contributed by atoms with van der Waals surface area (Å²) in [7, 11) is 0. The summed E-state index contributed by atoms with van der Waals surface area (Å²) >= 11 is 0. The van der Waals surface area contributed by atoms with Crippen LogP contribution in [0.15, 0.2) is 16.7 Å². The first-order valence-electron chi connectivity index (χ1n) is 6.22. The standard InChI is InChI=1S/C14H19N3O/c1-9-7-10(2)13(11(3)8-9)14-16-12(17-18-14)5-4-6-15/h7-8H,4-6,15H2,1-3H3. The number of aromatic nitrogens is 2. The van der Waals surface area contributed by atoms with Crippen molar-refractivity contribution in [3.05, 3.63) is 34.6 Å². The van der Waals surface area contributed by atoms with Crippen LogP contribution in [-0.2, 0) is 6.42 Å². The van der Waals surface area contributed by atoms with E-state index in [-0.39, 0.29) is 0 Å². The summed E-state index contributed by atoms with van der Waals surface area (Å²) in [5, 5.41) is 3.99. The lowest BCUT2D eigenvalue weighted by molar-refractivity contribution is 0.421. The summed E-state index contributed by atoms with van der Waals surface area (Å²) in [5.41, 5.74) is 10.1. The molecule has 1 aromatic carbocycles. The molecule has 0 spiro atoms. The topological polar surface area (TPSA) is 64.9 Å². The molecule has 18 heavy (non-hydrogen) atoms. The predicted octanol–water partition coefficient (Wildman–Crippen LogP) is 2.55. The molecule has 4 heteroatoms. The highest BCUT2D eigenvalue weighted by atomic mass is 16.5. The molecule has 4 nitrogen and oxygen atoms in total. The molecule has 1 aromatic heterocycles. The number of rotatable bonds is 4. The van der Waals surface area contributed by atoms with Gasteiger partial charge in [0.2, 0.25) is 0 Å². The van der Waals surface area contributed by atoms with Gasteiger partial charge in [-0.15, -0.1) is 0 Å². The van der Waals surface area contributed by atoms with Crippen molar-refractivity contribution in [2.24, 2.45) is 5.73 Å². The highest BCUT2D eigenvalue weighted by Crippen LogP contribution is 2.26. The highest BCUT2D eigenvalue weighted by Gasteiger charge is 2.13. The molecule has 0 saturated heterocycles. The molecule has 1 heterocycles. The van der Waals surface area contributed by atoms with E-state index >= 15 is 0 Å². The second-order valence-corrected chi connectivity index (χ2v) is 4.68. The molecular formula is C14H19N3O. The van der Waals surface area contributed by atoms with E-state index in [0.29, 0.717) is 12.4 Å². The van der Waals surface area contributed by atoms with Gasteiger partial charge in [0, 0.05) is 12.0 Å². The first-order chi connectivity index (χ1) is 8.61. The molecule has 0 atom stereocenters. The van der Waals surface area contributed by atoms with Gasteiger partial charge in [-0.3, -0.25) is 0 Å². The molecule has 0 aliphatic rings. The first-order valence-corrected chi connectivity index (χ1v) is 6.22. The van der Waals surface area contributed by atoms with Crippen molar-refractivity contribution in [3.8, 4) is 11.5 Å². The molecule has 0 radical (unpaired) electrons. The summed E-state index contributed by atoms with van der Waals surface area (Å²) in [6.07, 6.45) is 1.65. The van der Waals surface area contributed by atoms with Crippen molar-refractivity contribution in [3.63, 3.8) is 0 Å². The van der Waals surface area contributed by atoms with Crippen LogP contribution in [-0.4, -0.2) is 16.7 Å². The minimum atomic E-state index is 0.608. The van der Waals surface area contributed by atoms with Crippen molar-refractivity contribution in [1.29, 1.82) is 0 Å². The zero-order chi connectivity index (χ0) is 13.1. The Morgan fingerprint density at radius 3 is 2.44 bits per heavy atom. The number of benzene rings is 1. The van der Waals surface area contributed by atoms with Crippen LogP contribution < -0.4 is 5.73 Å². The van der Waals surface area contributed by atoms with Crippen LogP contribution in [0.4, 0.5) is 0 Å². The van der Waals surface area contributed by atoms with Crippen molar-refractivity contribution in [2.75, 3.05) is 6.54 Å². The van der Waals surface area contributed by atoms with Crippen LogP contribution in [0.5, 0.6) is 0 Å². The van der Waals surface area contributed by atoms with Crippen molar-refractivity contribution in [1.82, 2.24) is 10.1 Å². The fourth-order valence-electron chi connectivity index (χ4n) is 2.23. The first kappa shape index (κ1) is 12.8. The summed E-state index contributed by atoms with van der Waals surface area (Å²) in [5.74, 6) is 1.34. The Morgan fingerprint density at radius 1 is 1.17 bits per heavy atom. The van der Waals surface area contributed by atoms with Crippen molar-refractivity contribution < 1.29 is 4.52 Å². The van der Waals surface area contributed by atoms with Gasteiger partial charge in [-0.1, -0.05) is 22.9 Å². The number of nitrogens with zero attached hydrogens (tertiary/aromatic N) is 2. The van der Waals surface area contributed by atoms with Crippen LogP contribution >= 0.6 is 0 Å². The van der Waals surface area contributed by atoms with Gasteiger partial charge < -0.3 is 10.3 Å². The third-order valence-electron chi connectivity index (χ3n) is 2.96. The molecule has 0 saturated carbocycles. The van der Waals surface area contributed by atoms with E-state index in [0.717, 1.165) is 24.2 Å². The predicted molar refractivity (Wildman–Crippen MR) is 71.3 cm³/mol. The zero-order valence-corrected chi connectivity index (χ0v) is 11.2. The van der Waals surface area contributed by atoms with E-state index in [4.69, 9.17) is 10.3 Å². The smallest absolute Gasteiger partial charge is 0.258 e. The maximum atomic E-state index is 5.47. The molecule has 2 aromatic rings. The van der Waals surface area contributed by atoms with E-state index in [9.17, 15) is 0 Å². The quantitative estimate of drug-likeness (QED) is 0.899. The van der Waals surface area contributed by atoms with Crippen molar-refractivity contribution in [2.45, 2.75) is 33.6 Å². The average Bonchev–Trinajstić information content (AvgIpc) is 2.73. The molecule has 2 N–H and O–H groups in total. The molecule has 0 fully saturated rings. The minimum absolute atomic E-state index is 0.608. The largest absolute Gasteiger partial charge is 0.334 e. The Hall–Kier alpha value is -1.68.